The fourth-order valence-corrected chi connectivity index (χ4v) is 4.31. The van der Waals surface area contributed by atoms with E-state index in [0.29, 0.717) is 0 Å². The predicted molar refractivity (Wildman–Crippen MR) is 109 cm³/mol. The summed E-state index contributed by atoms with van der Waals surface area (Å²) >= 11 is 12.5. The predicted octanol–water partition coefficient (Wildman–Crippen LogP) is 4.28. The van der Waals surface area contributed by atoms with Gasteiger partial charge in [0.05, 0.1) is 33.0 Å². The molecule has 8 heteroatoms. The molecule has 1 aliphatic heterocycles. The van der Waals surface area contributed by atoms with E-state index in [1.165, 1.54) is 24.3 Å². The van der Waals surface area contributed by atoms with Crippen LogP contribution < -0.4 is 4.90 Å². The summed E-state index contributed by atoms with van der Waals surface area (Å²) in [7, 11) is 0. The Hall–Kier alpha value is -3.48. The van der Waals surface area contributed by atoms with Crippen molar-refractivity contribution in [2.24, 2.45) is 0 Å². The number of ketones is 2. The quantitative estimate of drug-likeness (QED) is 0.448. The lowest BCUT2D eigenvalue weighted by molar-refractivity contribution is 0.0923. The summed E-state index contributed by atoms with van der Waals surface area (Å²) in [5.41, 5.74) is -0.617. The van der Waals surface area contributed by atoms with Crippen LogP contribution in [0, 0.1) is 0 Å². The Morgan fingerprint density at radius 1 is 0.633 bits per heavy atom. The molecule has 0 atom stereocenters. The molecule has 3 aromatic rings. The van der Waals surface area contributed by atoms with E-state index >= 15 is 0 Å². The molecule has 5 rings (SSSR count). The van der Waals surface area contributed by atoms with Crippen molar-refractivity contribution in [1.82, 2.24) is 0 Å². The number of fused-ring (bicyclic) bond motifs is 3. The summed E-state index contributed by atoms with van der Waals surface area (Å²) in [5, 5.41) is 9.73. The molecule has 1 aliphatic carbocycles. The number of aromatic hydroxyl groups is 1. The van der Waals surface area contributed by atoms with Gasteiger partial charge in [-0.15, -0.1) is 0 Å². The van der Waals surface area contributed by atoms with Gasteiger partial charge in [0.2, 0.25) is 0 Å². The van der Waals surface area contributed by atoms with E-state index in [9.17, 15) is 24.3 Å². The highest BCUT2D eigenvalue weighted by atomic mass is 35.5. The normalized spacial score (nSPS) is 14.7. The Kier molecular flexibility index (Phi) is 3.87. The highest BCUT2D eigenvalue weighted by molar-refractivity contribution is 6.49. The number of benzene rings is 3. The van der Waals surface area contributed by atoms with Crippen LogP contribution in [0.2, 0.25) is 10.0 Å². The number of anilines is 1. The molecule has 0 bridgehead atoms. The second-order valence-corrected chi connectivity index (χ2v) is 7.53. The van der Waals surface area contributed by atoms with Gasteiger partial charge >= 0.3 is 0 Å². The second kappa shape index (κ2) is 6.26. The molecule has 30 heavy (non-hydrogen) atoms. The Morgan fingerprint density at radius 2 is 1.07 bits per heavy atom. The minimum atomic E-state index is -0.708. The number of hydrogen-bond acceptors (Lipinski definition) is 5. The number of amides is 2. The number of rotatable bonds is 1. The van der Waals surface area contributed by atoms with Crippen LogP contribution in [0.1, 0.15) is 52.6 Å². The Labute approximate surface area is 179 Å². The zero-order chi connectivity index (χ0) is 21.3. The number of halogens is 2. The van der Waals surface area contributed by atoms with Crippen molar-refractivity contribution in [3.63, 3.8) is 0 Å². The van der Waals surface area contributed by atoms with Crippen LogP contribution in [-0.4, -0.2) is 28.5 Å². The second-order valence-electron chi connectivity index (χ2n) is 6.77. The van der Waals surface area contributed by atoms with Crippen LogP contribution in [0.5, 0.6) is 5.75 Å². The Morgan fingerprint density at radius 3 is 1.57 bits per heavy atom. The minimum absolute atomic E-state index is 0.0747. The topological polar surface area (TPSA) is 91.8 Å². The SMILES string of the molecule is O=C1c2ccccc2C(=O)c2c1c(O)c(Cl)c(Cl)c2N1C(=O)c2ccccc2C1=O. The van der Waals surface area contributed by atoms with E-state index in [1.54, 1.807) is 24.3 Å². The average molecular weight is 438 g/mol. The summed E-state index contributed by atoms with van der Waals surface area (Å²) in [6.45, 7) is 0. The third-order valence-electron chi connectivity index (χ3n) is 5.22. The van der Waals surface area contributed by atoms with Crippen molar-refractivity contribution in [3.05, 3.63) is 92.0 Å². The van der Waals surface area contributed by atoms with Crippen molar-refractivity contribution in [3.8, 4) is 5.75 Å². The molecule has 146 valence electrons. The van der Waals surface area contributed by atoms with Crippen LogP contribution in [0.4, 0.5) is 5.69 Å². The fraction of sp³-hybridized carbons (Fsp3) is 0. The molecule has 0 aromatic heterocycles. The molecule has 1 heterocycles. The van der Waals surface area contributed by atoms with E-state index in [4.69, 9.17) is 23.2 Å². The molecule has 0 fully saturated rings. The van der Waals surface area contributed by atoms with Gasteiger partial charge in [-0.05, 0) is 12.1 Å². The summed E-state index contributed by atoms with van der Waals surface area (Å²) in [6, 6.07) is 12.2. The van der Waals surface area contributed by atoms with E-state index in [1.807, 2.05) is 0 Å². The van der Waals surface area contributed by atoms with Gasteiger partial charge in [-0.3, -0.25) is 19.2 Å². The third-order valence-corrected chi connectivity index (χ3v) is 6.05. The van der Waals surface area contributed by atoms with Crippen molar-refractivity contribution in [2.45, 2.75) is 0 Å². The lowest BCUT2D eigenvalue weighted by Crippen LogP contribution is -2.33. The third kappa shape index (κ3) is 2.20. The van der Waals surface area contributed by atoms with Crippen molar-refractivity contribution in [1.29, 1.82) is 0 Å². The molecule has 1 N–H and O–H groups in total. The summed E-state index contributed by atoms with van der Waals surface area (Å²) < 4.78 is 0. The molecule has 3 aromatic carbocycles. The van der Waals surface area contributed by atoms with Gasteiger partial charge in [0, 0.05) is 11.1 Å². The Balaban J connectivity index is 1.86. The molecule has 0 spiro atoms. The lowest BCUT2D eigenvalue weighted by Gasteiger charge is -2.26. The maximum atomic E-state index is 13.3. The zero-order valence-electron chi connectivity index (χ0n) is 14.9. The molecule has 0 saturated heterocycles. The number of carbonyl (C=O) groups excluding carboxylic acids is 4. The first-order chi connectivity index (χ1) is 14.3. The summed E-state index contributed by atoms with van der Waals surface area (Å²) in [5.74, 6) is -3.40. The number of hydrogen-bond donors (Lipinski definition) is 1. The first kappa shape index (κ1) is 18.5. The monoisotopic (exact) mass is 437 g/mol. The smallest absolute Gasteiger partial charge is 0.266 e. The molecule has 0 radical (unpaired) electrons. The van der Waals surface area contributed by atoms with E-state index in [-0.39, 0.29) is 44.1 Å². The first-order valence-electron chi connectivity index (χ1n) is 8.74. The fourth-order valence-electron chi connectivity index (χ4n) is 3.86. The molecule has 2 aliphatic rings. The van der Waals surface area contributed by atoms with Crippen molar-refractivity contribution < 1.29 is 24.3 Å². The molecule has 0 unspecified atom stereocenters. The maximum Gasteiger partial charge on any atom is 0.266 e. The Bertz CT molecular complexity index is 1330. The van der Waals surface area contributed by atoms with Gasteiger partial charge in [-0.1, -0.05) is 59.6 Å². The van der Waals surface area contributed by atoms with E-state index in [0.717, 1.165) is 4.90 Å². The zero-order valence-corrected chi connectivity index (χ0v) is 16.4. The number of phenols is 1. The van der Waals surface area contributed by atoms with Crippen LogP contribution in [0.15, 0.2) is 48.5 Å². The average Bonchev–Trinajstić information content (AvgIpc) is 3.01. The minimum Gasteiger partial charge on any atom is -0.506 e. The maximum absolute atomic E-state index is 13.3. The number of nitrogens with zero attached hydrogens (tertiary/aromatic N) is 1. The van der Waals surface area contributed by atoms with Gasteiger partial charge < -0.3 is 5.11 Å². The van der Waals surface area contributed by atoms with E-state index < -0.39 is 34.2 Å². The van der Waals surface area contributed by atoms with Gasteiger partial charge in [0.1, 0.15) is 10.8 Å². The highest BCUT2D eigenvalue weighted by Crippen LogP contribution is 2.49. The molecule has 6 nitrogen and oxygen atoms in total. The van der Waals surface area contributed by atoms with Crippen LogP contribution in [0.3, 0.4) is 0 Å². The van der Waals surface area contributed by atoms with Crippen LogP contribution in [0.25, 0.3) is 0 Å². The standard InChI is InChI=1S/C22H9Cl2NO5/c23-15-16(24)20(28)14-13(18(26)9-5-1-2-6-10(9)19(14)27)17(15)25-21(29)11-7-3-4-8-12(11)22(25)30/h1-8,28H. The molecular weight excluding hydrogens is 429 g/mol. The molecule has 2 amide bonds. The highest BCUT2D eigenvalue weighted by Gasteiger charge is 2.44. The van der Waals surface area contributed by atoms with Gasteiger partial charge in [-0.25, -0.2) is 4.90 Å². The number of phenolic OH excluding ortho intramolecular Hbond substituents is 1. The van der Waals surface area contributed by atoms with Gasteiger partial charge in [-0.2, -0.15) is 0 Å². The van der Waals surface area contributed by atoms with Crippen molar-refractivity contribution in [2.75, 3.05) is 4.90 Å². The first-order valence-corrected chi connectivity index (χ1v) is 9.50. The number of carbonyl (C=O) groups is 4. The lowest BCUT2D eigenvalue weighted by atomic mass is 9.82. The largest absolute Gasteiger partial charge is 0.506 e. The van der Waals surface area contributed by atoms with Crippen molar-refractivity contribution >= 4 is 52.3 Å². The van der Waals surface area contributed by atoms with Gasteiger partial charge in [0.25, 0.3) is 11.8 Å². The van der Waals surface area contributed by atoms with Crippen LogP contribution >= 0.6 is 23.2 Å². The van der Waals surface area contributed by atoms with Gasteiger partial charge in [0.15, 0.2) is 11.6 Å². The molecule has 0 saturated carbocycles. The summed E-state index contributed by atoms with van der Waals surface area (Å²) in [4.78, 5) is 53.2. The van der Waals surface area contributed by atoms with E-state index in [2.05, 4.69) is 0 Å². The summed E-state index contributed by atoms with van der Waals surface area (Å²) in [6.07, 6.45) is 0. The number of imide groups is 1. The van der Waals surface area contributed by atoms with Crippen LogP contribution in [-0.2, 0) is 0 Å². The molecular formula is C22H9Cl2NO5.